The van der Waals surface area contributed by atoms with Gasteiger partial charge in [-0.1, -0.05) is 12.1 Å². The van der Waals surface area contributed by atoms with Gasteiger partial charge in [0, 0.05) is 17.7 Å². The van der Waals surface area contributed by atoms with E-state index >= 15 is 0 Å². The first kappa shape index (κ1) is 15.1. The molecule has 0 spiro atoms. The minimum Gasteiger partial charge on any atom is -0.455 e. The maximum absolute atomic E-state index is 10.8. The van der Waals surface area contributed by atoms with Crippen LogP contribution in [-0.4, -0.2) is 26.0 Å². The predicted octanol–water partition coefficient (Wildman–Crippen LogP) is 3.65. The summed E-state index contributed by atoms with van der Waals surface area (Å²) in [6.45, 7) is 0. The minimum absolute atomic E-state index is 0.000898. The number of benzene rings is 1. The highest BCUT2D eigenvalue weighted by atomic mass is 32.1. The summed E-state index contributed by atoms with van der Waals surface area (Å²) in [6, 6.07) is 9.59. The number of nitrogens with zero attached hydrogens (tertiary/aromatic N) is 3. The number of rotatable bonds is 4. The Balaban J connectivity index is 1.89. The second-order valence-corrected chi connectivity index (χ2v) is 5.20. The third-order valence-corrected chi connectivity index (χ3v) is 3.48. The third-order valence-electron chi connectivity index (χ3n) is 2.93. The van der Waals surface area contributed by atoms with Crippen LogP contribution in [0.2, 0.25) is 0 Å². The summed E-state index contributed by atoms with van der Waals surface area (Å²) in [6.07, 6.45) is 1.45. The maximum Gasteiger partial charge on any atom is 0.270 e. The fourth-order valence-corrected chi connectivity index (χ4v) is 2.31. The van der Waals surface area contributed by atoms with Gasteiger partial charge < -0.3 is 4.42 Å². The van der Waals surface area contributed by atoms with Gasteiger partial charge in [0.15, 0.2) is 0 Å². The molecule has 0 aliphatic rings. The fourth-order valence-electron chi connectivity index (χ4n) is 1.87. The first-order valence-corrected chi connectivity index (χ1v) is 7.15. The molecule has 3 aromatic rings. The van der Waals surface area contributed by atoms with Gasteiger partial charge >= 0.3 is 0 Å². The molecule has 2 N–H and O–H groups in total. The van der Waals surface area contributed by atoms with E-state index in [1.807, 2.05) is 0 Å². The first-order chi connectivity index (χ1) is 11.0. The van der Waals surface area contributed by atoms with Crippen molar-refractivity contribution in [3.63, 3.8) is 0 Å². The predicted molar refractivity (Wildman–Crippen MR) is 88.6 cm³/mol. The SMILES string of the molecule is O=[N+]([O-])c1cccc(-c2ccc(/C=N\n3c(=S)[nH][nH]c3=S)o2)c1. The van der Waals surface area contributed by atoms with E-state index in [0.29, 0.717) is 26.6 Å². The van der Waals surface area contributed by atoms with E-state index in [2.05, 4.69) is 15.3 Å². The monoisotopic (exact) mass is 347 g/mol. The molecule has 1 aromatic carbocycles. The lowest BCUT2D eigenvalue weighted by Crippen LogP contribution is -1.89. The molecule has 0 aliphatic heterocycles. The molecule has 8 nitrogen and oxygen atoms in total. The van der Waals surface area contributed by atoms with Crippen molar-refractivity contribution >= 4 is 36.3 Å². The zero-order valence-corrected chi connectivity index (χ0v) is 13.1. The molecule has 0 aliphatic carbocycles. The Labute approximate surface area is 139 Å². The average Bonchev–Trinajstić information content (AvgIpc) is 3.13. The summed E-state index contributed by atoms with van der Waals surface area (Å²) in [7, 11) is 0. The number of hydrogen-bond donors (Lipinski definition) is 2. The van der Waals surface area contributed by atoms with Crippen molar-refractivity contribution in [3.05, 3.63) is 61.8 Å². The Bertz CT molecular complexity index is 983. The normalized spacial score (nSPS) is 11.1. The fraction of sp³-hybridized carbons (Fsp3) is 0. The topological polar surface area (TPSA) is 105 Å². The maximum atomic E-state index is 10.8. The Kier molecular flexibility index (Phi) is 4.00. The second-order valence-electron chi connectivity index (χ2n) is 4.43. The van der Waals surface area contributed by atoms with Gasteiger partial charge in [0.25, 0.3) is 5.69 Å². The number of nitro groups is 1. The summed E-state index contributed by atoms with van der Waals surface area (Å²) in [4.78, 5) is 10.4. The van der Waals surface area contributed by atoms with E-state index in [1.165, 1.54) is 23.0 Å². The van der Waals surface area contributed by atoms with Gasteiger partial charge in [0.05, 0.1) is 11.1 Å². The van der Waals surface area contributed by atoms with Crippen LogP contribution in [0.15, 0.2) is 45.9 Å². The quantitative estimate of drug-likeness (QED) is 0.324. The van der Waals surface area contributed by atoms with Crippen LogP contribution in [0.5, 0.6) is 0 Å². The van der Waals surface area contributed by atoms with Gasteiger partial charge in [-0.05, 0) is 36.6 Å². The molecule has 2 aromatic heterocycles. The van der Waals surface area contributed by atoms with E-state index < -0.39 is 4.92 Å². The molecule has 0 saturated heterocycles. The van der Waals surface area contributed by atoms with Crippen LogP contribution in [-0.2, 0) is 0 Å². The summed E-state index contributed by atoms with van der Waals surface area (Å²) in [5, 5.41) is 20.2. The van der Waals surface area contributed by atoms with Crippen LogP contribution in [0.4, 0.5) is 5.69 Å². The Morgan fingerprint density at radius 3 is 2.65 bits per heavy atom. The summed E-state index contributed by atoms with van der Waals surface area (Å²) < 4.78 is 7.60. The zero-order valence-electron chi connectivity index (χ0n) is 11.4. The molecular weight excluding hydrogens is 338 g/mol. The van der Waals surface area contributed by atoms with Gasteiger partial charge in [-0.25, -0.2) is 0 Å². The molecule has 10 heteroatoms. The van der Waals surface area contributed by atoms with Gasteiger partial charge in [0.2, 0.25) is 9.54 Å². The summed E-state index contributed by atoms with van der Waals surface area (Å²) >= 11 is 10.0. The summed E-state index contributed by atoms with van der Waals surface area (Å²) in [5.41, 5.74) is 0.605. The molecule has 3 rings (SSSR count). The van der Waals surface area contributed by atoms with Crippen LogP contribution in [0, 0.1) is 19.7 Å². The van der Waals surface area contributed by atoms with Crippen molar-refractivity contribution in [2.45, 2.75) is 0 Å². The smallest absolute Gasteiger partial charge is 0.270 e. The number of nitro benzene ring substituents is 1. The number of furan rings is 1. The average molecular weight is 347 g/mol. The van der Waals surface area contributed by atoms with E-state index in [9.17, 15) is 10.1 Å². The first-order valence-electron chi connectivity index (χ1n) is 6.33. The Hall–Kier alpha value is -2.85. The molecule has 0 atom stereocenters. The molecular formula is C13H9N5O3S2. The number of nitrogens with one attached hydrogen (secondary N) is 2. The van der Waals surface area contributed by atoms with E-state index in [0.717, 1.165) is 0 Å². The van der Waals surface area contributed by atoms with E-state index in [1.54, 1.807) is 24.3 Å². The molecule has 0 saturated carbocycles. The van der Waals surface area contributed by atoms with Crippen molar-refractivity contribution in [2.24, 2.45) is 5.10 Å². The van der Waals surface area contributed by atoms with Crippen molar-refractivity contribution in [3.8, 4) is 11.3 Å². The molecule has 2 heterocycles. The molecule has 0 bridgehead atoms. The molecule has 0 fully saturated rings. The minimum atomic E-state index is -0.454. The van der Waals surface area contributed by atoms with Gasteiger partial charge in [-0.15, -0.1) is 0 Å². The van der Waals surface area contributed by atoms with Crippen molar-refractivity contribution in [1.82, 2.24) is 14.9 Å². The highest BCUT2D eigenvalue weighted by Crippen LogP contribution is 2.25. The lowest BCUT2D eigenvalue weighted by atomic mass is 10.1. The molecule has 0 amide bonds. The Morgan fingerprint density at radius 2 is 1.96 bits per heavy atom. The largest absolute Gasteiger partial charge is 0.455 e. The number of aromatic amines is 2. The van der Waals surface area contributed by atoms with Crippen LogP contribution >= 0.6 is 24.4 Å². The van der Waals surface area contributed by atoms with Gasteiger partial charge in [-0.2, -0.15) is 9.78 Å². The number of H-pyrrole nitrogens is 2. The lowest BCUT2D eigenvalue weighted by molar-refractivity contribution is -0.384. The molecule has 0 unspecified atom stereocenters. The molecule has 23 heavy (non-hydrogen) atoms. The van der Waals surface area contributed by atoms with Gasteiger partial charge in [0.1, 0.15) is 11.5 Å². The highest BCUT2D eigenvalue weighted by Gasteiger charge is 2.09. The lowest BCUT2D eigenvalue weighted by Gasteiger charge is -1.96. The van der Waals surface area contributed by atoms with Gasteiger partial charge in [-0.3, -0.25) is 20.3 Å². The zero-order chi connectivity index (χ0) is 16.4. The van der Waals surface area contributed by atoms with Crippen LogP contribution < -0.4 is 0 Å². The van der Waals surface area contributed by atoms with Crippen LogP contribution in [0.1, 0.15) is 5.76 Å². The van der Waals surface area contributed by atoms with E-state index in [4.69, 9.17) is 28.9 Å². The molecule has 0 radical (unpaired) electrons. The summed E-state index contributed by atoms with van der Waals surface area (Å²) in [5.74, 6) is 0.960. The highest BCUT2D eigenvalue weighted by molar-refractivity contribution is 7.72. The van der Waals surface area contributed by atoms with Crippen molar-refractivity contribution in [2.75, 3.05) is 0 Å². The van der Waals surface area contributed by atoms with Crippen LogP contribution in [0.3, 0.4) is 0 Å². The van der Waals surface area contributed by atoms with Crippen molar-refractivity contribution in [1.29, 1.82) is 0 Å². The number of non-ortho nitro benzene ring substituents is 1. The van der Waals surface area contributed by atoms with Crippen LogP contribution in [0.25, 0.3) is 11.3 Å². The third kappa shape index (κ3) is 3.17. The van der Waals surface area contributed by atoms with E-state index in [-0.39, 0.29) is 5.69 Å². The standard InChI is InChI=1S/C13H9N5O3S2/c19-18(20)9-3-1-2-8(6-9)11-5-4-10(21-11)7-14-17-12(22)15-16-13(17)23/h1-7H,(H,15,22)(H,16,23)/b14-7-. The van der Waals surface area contributed by atoms with Crippen molar-refractivity contribution < 1.29 is 9.34 Å². The number of hydrogen-bond acceptors (Lipinski definition) is 6. The second kappa shape index (κ2) is 6.10. The molecule has 116 valence electrons. The Morgan fingerprint density at radius 1 is 1.22 bits per heavy atom. The number of aromatic nitrogens is 3.